The molecule has 19 heavy (non-hydrogen) atoms. The monoisotopic (exact) mass is 269 g/mol. The first-order valence-electron chi connectivity index (χ1n) is 5.46. The average molecular weight is 269 g/mol. The lowest BCUT2D eigenvalue weighted by Crippen LogP contribution is -2.17. The van der Waals surface area contributed by atoms with Crippen molar-refractivity contribution in [1.29, 1.82) is 0 Å². The van der Waals surface area contributed by atoms with Gasteiger partial charge in [-0.15, -0.1) is 0 Å². The van der Waals surface area contributed by atoms with E-state index in [2.05, 4.69) is 0 Å². The fraction of sp³-hybridized carbons (Fsp3) is 0.333. The number of alkyl halides is 1. The highest BCUT2D eigenvalue weighted by Gasteiger charge is 2.16. The van der Waals surface area contributed by atoms with Gasteiger partial charge < -0.3 is 4.74 Å². The number of rotatable bonds is 6. The first kappa shape index (κ1) is 14.7. The number of carbonyl (C=O) groups is 2. The minimum atomic E-state index is -1.70. The summed E-state index contributed by atoms with van der Waals surface area (Å²) in [7, 11) is 0. The highest BCUT2D eigenvalue weighted by molar-refractivity contribution is 5.97. The minimum Gasteiger partial charge on any atom is -0.460 e. The predicted molar refractivity (Wildman–Crippen MR) is 63.1 cm³/mol. The molecule has 1 atom stereocenters. The zero-order chi connectivity index (χ0) is 14.4. The van der Waals surface area contributed by atoms with E-state index in [4.69, 9.17) is 4.74 Å². The molecule has 0 aliphatic heterocycles. The van der Waals surface area contributed by atoms with Gasteiger partial charge in [-0.3, -0.25) is 19.7 Å². The van der Waals surface area contributed by atoms with Crippen LogP contribution < -0.4 is 0 Å². The second-order valence-electron chi connectivity index (χ2n) is 3.84. The minimum absolute atomic E-state index is 0.0727. The fourth-order valence-corrected chi connectivity index (χ4v) is 1.21. The number of ketones is 1. The molecule has 0 saturated carbocycles. The molecule has 0 heterocycles. The Labute approximate surface area is 108 Å². The molecular formula is C12H12FNO5. The SMILES string of the molecule is CC(F)C(=O)CC(=O)OCc1ccc([N+](=O)[O-])cc1. The third-order valence-corrected chi connectivity index (χ3v) is 2.31. The van der Waals surface area contributed by atoms with Gasteiger partial charge in [-0.05, 0) is 24.6 Å². The number of non-ortho nitro benzene ring substituents is 1. The molecule has 0 aliphatic rings. The third kappa shape index (κ3) is 4.82. The molecule has 0 radical (unpaired) electrons. The van der Waals surface area contributed by atoms with Crippen molar-refractivity contribution in [2.24, 2.45) is 0 Å². The summed E-state index contributed by atoms with van der Waals surface area (Å²) in [6.45, 7) is 0.927. The van der Waals surface area contributed by atoms with Gasteiger partial charge in [-0.1, -0.05) is 0 Å². The van der Waals surface area contributed by atoms with E-state index in [1.54, 1.807) is 0 Å². The fourth-order valence-electron chi connectivity index (χ4n) is 1.21. The van der Waals surface area contributed by atoms with Gasteiger partial charge in [0.2, 0.25) is 0 Å². The molecule has 0 spiro atoms. The average Bonchev–Trinajstić information content (AvgIpc) is 2.36. The summed E-state index contributed by atoms with van der Waals surface area (Å²) in [5, 5.41) is 10.4. The highest BCUT2D eigenvalue weighted by atomic mass is 19.1. The van der Waals surface area contributed by atoms with Gasteiger partial charge >= 0.3 is 5.97 Å². The number of hydrogen-bond donors (Lipinski definition) is 0. The number of nitrogens with zero attached hydrogens (tertiary/aromatic N) is 1. The van der Waals surface area contributed by atoms with E-state index < -0.39 is 29.3 Å². The van der Waals surface area contributed by atoms with E-state index in [1.807, 2.05) is 0 Å². The molecule has 1 unspecified atom stereocenters. The maximum absolute atomic E-state index is 12.5. The quantitative estimate of drug-likeness (QED) is 0.341. The number of Topliss-reactive ketones (excluding diaryl/α,β-unsaturated/α-hetero) is 1. The van der Waals surface area contributed by atoms with Crippen molar-refractivity contribution in [3.63, 3.8) is 0 Å². The number of esters is 1. The van der Waals surface area contributed by atoms with E-state index in [-0.39, 0.29) is 12.3 Å². The van der Waals surface area contributed by atoms with Crippen LogP contribution in [0.2, 0.25) is 0 Å². The van der Waals surface area contributed by atoms with Crippen LogP contribution in [0.3, 0.4) is 0 Å². The molecule has 0 fully saturated rings. The van der Waals surface area contributed by atoms with Crippen LogP contribution in [0.15, 0.2) is 24.3 Å². The Morgan fingerprint density at radius 2 is 1.95 bits per heavy atom. The number of hydrogen-bond acceptors (Lipinski definition) is 5. The standard InChI is InChI=1S/C12H12FNO5/c1-8(13)11(15)6-12(16)19-7-9-2-4-10(5-3-9)14(17)18/h2-5,8H,6-7H2,1H3. The van der Waals surface area contributed by atoms with Crippen LogP contribution in [-0.4, -0.2) is 22.8 Å². The molecule has 1 rings (SSSR count). The van der Waals surface area contributed by atoms with Gasteiger partial charge in [-0.2, -0.15) is 0 Å². The van der Waals surface area contributed by atoms with Crippen LogP contribution in [0, 0.1) is 10.1 Å². The summed E-state index contributed by atoms with van der Waals surface area (Å²) in [5.41, 5.74) is 0.469. The maximum Gasteiger partial charge on any atom is 0.313 e. The summed E-state index contributed by atoms with van der Waals surface area (Å²) in [4.78, 5) is 32.0. The predicted octanol–water partition coefficient (Wildman–Crippen LogP) is 1.96. The Kier molecular flexibility index (Phi) is 5.11. The van der Waals surface area contributed by atoms with Crippen LogP contribution in [0.5, 0.6) is 0 Å². The van der Waals surface area contributed by atoms with E-state index in [0.29, 0.717) is 5.56 Å². The number of benzene rings is 1. The van der Waals surface area contributed by atoms with Gasteiger partial charge in [0, 0.05) is 12.1 Å². The number of nitro benzene ring substituents is 1. The lowest BCUT2D eigenvalue weighted by atomic mass is 10.2. The van der Waals surface area contributed by atoms with Crippen LogP contribution in [0.4, 0.5) is 10.1 Å². The molecule has 0 aliphatic carbocycles. The van der Waals surface area contributed by atoms with Crippen molar-refractivity contribution in [3.8, 4) is 0 Å². The number of ether oxygens (including phenoxy) is 1. The molecule has 6 nitrogen and oxygen atoms in total. The molecule has 1 aromatic carbocycles. The number of halogens is 1. The lowest BCUT2D eigenvalue weighted by Gasteiger charge is -2.05. The molecule has 0 saturated heterocycles. The van der Waals surface area contributed by atoms with E-state index in [0.717, 1.165) is 6.92 Å². The molecule has 7 heteroatoms. The Morgan fingerprint density at radius 1 is 1.37 bits per heavy atom. The van der Waals surface area contributed by atoms with Gasteiger partial charge in [0.1, 0.15) is 13.0 Å². The van der Waals surface area contributed by atoms with Crippen molar-refractivity contribution in [2.75, 3.05) is 0 Å². The largest absolute Gasteiger partial charge is 0.460 e. The molecule has 1 aromatic rings. The van der Waals surface area contributed by atoms with Crippen LogP contribution in [0.1, 0.15) is 18.9 Å². The van der Waals surface area contributed by atoms with Gasteiger partial charge in [0.25, 0.3) is 5.69 Å². The highest BCUT2D eigenvalue weighted by Crippen LogP contribution is 2.12. The van der Waals surface area contributed by atoms with Crippen molar-refractivity contribution in [1.82, 2.24) is 0 Å². The molecular weight excluding hydrogens is 257 g/mol. The third-order valence-electron chi connectivity index (χ3n) is 2.31. The van der Waals surface area contributed by atoms with Crippen LogP contribution >= 0.6 is 0 Å². The van der Waals surface area contributed by atoms with Crippen LogP contribution in [-0.2, 0) is 20.9 Å². The second kappa shape index (κ2) is 6.58. The molecule has 0 amide bonds. The Bertz CT molecular complexity index is 483. The topological polar surface area (TPSA) is 86.5 Å². The van der Waals surface area contributed by atoms with Crippen molar-refractivity contribution >= 4 is 17.4 Å². The van der Waals surface area contributed by atoms with Gasteiger partial charge in [0.15, 0.2) is 12.0 Å². The van der Waals surface area contributed by atoms with Crippen molar-refractivity contribution in [3.05, 3.63) is 39.9 Å². The summed E-state index contributed by atoms with van der Waals surface area (Å²) >= 11 is 0. The van der Waals surface area contributed by atoms with E-state index in [1.165, 1.54) is 24.3 Å². The van der Waals surface area contributed by atoms with Crippen molar-refractivity contribution < 1.29 is 23.6 Å². The summed E-state index contributed by atoms with van der Waals surface area (Å²) in [6.07, 6.45) is -2.32. The van der Waals surface area contributed by atoms with Gasteiger partial charge in [0.05, 0.1) is 4.92 Å². The normalized spacial score (nSPS) is 11.7. The Hall–Kier alpha value is -2.31. The van der Waals surface area contributed by atoms with E-state index in [9.17, 15) is 24.1 Å². The van der Waals surface area contributed by atoms with Crippen LogP contribution in [0.25, 0.3) is 0 Å². The number of carbonyl (C=O) groups excluding carboxylic acids is 2. The lowest BCUT2D eigenvalue weighted by molar-refractivity contribution is -0.384. The Balaban J connectivity index is 2.46. The summed E-state index contributed by atoms with van der Waals surface area (Å²) in [5.74, 6) is -1.67. The number of nitro groups is 1. The van der Waals surface area contributed by atoms with Crippen molar-refractivity contribution in [2.45, 2.75) is 26.1 Å². The smallest absolute Gasteiger partial charge is 0.313 e. The zero-order valence-electron chi connectivity index (χ0n) is 10.2. The first-order chi connectivity index (χ1) is 8.90. The van der Waals surface area contributed by atoms with Gasteiger partial charge in [-0.25, -0.2) is 4.39 Å². The molecule has 0 N–H and O–H groups in total. The Morgan fingerprint density at radius 3 is 2.42 bits per heavy atom. The zero-order valence-corrected chi connectivity index (χ0v) is 10.2. The summed E-state index contributed by atoms with van der Waals surface area (Å²) < 4.78 is 17.3. The molecule has 102 valence electrons. The first-order valence-corrected chi connectivity index (χ1v) is 5.46. The van der Waals surface area contributed by atoms with E-state index >= 15 is 0 Å². The summed E-state index contributed by atoms with van der Waals surface area (Å²) in [6, 6.07) is 5.42. The second-order valence-corrected chi connectivity index (χ2v) is 3.84. The molecule has 0 bridgehead atoms. The maximum atomic E-state index is 12.5. The molecule has 0 aromatic heterocycles.